The quantitative estimate of drug-likeness (QED) is 0.503. The number of carbonyl (C=O) groups excluding carboxylic acids is 1. The van der Waals surface area contributed by atoms with Gasteiger partial charge in [-0.05, 0) is 36.8 Å². The first kappa shape index (κ1) is 18.9. The molecular weight excluding hydrogens is 386 g/mol. The van der Waals surface area contributed by atoms with E-state index in [1.807, 2.05) is 60.8 Å². The van der Waals surface area contributed by atoms with Crippen LogP contribution in [0.15, 0.2) is 64.5 Å². The van der Waals surface area contributed by atoms with Gasteiger partial charge in [-0.2, -0.15) is 0 Å². The van der Waals surface area contributed by atoms with Gasteiger partial charge in [-0.15, -0.1) is 11.3 Å². The molecule has 4 aromatic rings. The lowest BCUT2D eigenvalue weighted by molar-refractivity contribution is 0.0942. The number of carbonyl (C=O) groups is 1. The van der Waals surface area contributed by atoms with Crippen molar-refractivity contribution in [1.29, 1.82) is 0 Å². The van der Waals surface area contributed by atoms with Crippen LogP contribution in [-0.4, -0.2) is 23.2 Å². The fraction of sp³-hybridized carbons (Fsp3) is 0.136. The van der Waals surface area contributed by atoms with Gasteiger partial charge in [0.15, 0.2) is 11.5 Å². The lowest BCUT2D eigenvalue weighted by Crippen LogP contribution is -2.22. The molecule has 4 rings (SSSR count). The average molecular weight is 405 g/mol. The Kier molecular flexibility index (Phi) is 5.39. The number of nitrogens with one attached hydrogen (secondary N) is 1. The van der Waals surface area contributed by atoms with Crippen LogP contribution in [0, 0.1) is 6.92 Å². The number of aromatic nitrogens is 2. The van der Waals surface area contributed by atoms with Gasteiger partial charge in [0, 0.05) is 29.1 Å². The van der Waals surface area contributed by atoms with E-state index in [1.165, 1.54) is 0 Å². The number of ether oxygens (including phenoxy) is 1. The Morgan fingerprint density at radius 3 is 2.48 bits per heavy atom. The molecule has 7 heteroatoms. The zero-order chi connectivity index (χ0) is 20.2. The molecule has 0 fully saturated rings. The molecule has 2 heterocycles. The molecule has 0 radical (unpaired) electrons. The van der Waals surface area contributed by atoms with Crippen molar-refractivity contribution in [2.45, 2.75) is 13.5 Å². The highest BCUT2D eigenvalue weighted by Gasteiger charge is 2.13. The number of thiazole rings is 1. The molecule has 0 aliphatic rings. The molecule has 0 saturated carbocycles. The molecule has 0 saturated heterocycles. The number of amides is 1. The summed E-state index contributed by atoms with van der Waals surface area (Å²) in [6.07, 6.45) is 0. The molecule has 0 aliphatic heterocycles. The Labute approximate surface area is 172 Å². The molecule has 1 amide bonds. The van der Waals surface area contributed by atoms with Crippen molar-refractivity contribution in [2.24, 2.45) is 0 Å². The Morgan fingerprint density at radius 2 is 1.83 bits per heavy atom. The van der Waals surface area contributed by atoms with Gasteiger partial charge in [0.25, 0.3) is 5.91 Å². The van der Waals surface area contributed by atoms with Gasteiger partial charge in [-0.1, -0.05) is 29.4 Å². The Hall–Kier alpha value is -3.45. The van der Waals surface area contributed by atoms with Gasteiger partial charge in [-0.25, -0.2) is 4.98 Å². The topological polar surface area (TPSA) is 77.2 Å². The third kappa shape index (κ3) is 4.35. The number of benzene rings is 2. The van der Waals surface area contributed by atoms with Crippen LogP contribution in [0.1, 0.15) is 21.1 Å². The standard InChI is InChI=1S/C22H19N3O3S/c1-14-24-20(13-29-14)16-5-3-15(4-6-16)12-23-22(26)19-11-21(28-25-19)17-7-9-18(27-2)10-8-17/h3-11,13H,12H2,1-2H3,(H,23,26). The number of methoxy groups -OCH3 is 1. The minimum Gasteiger partial charge on any atom is -0.497 e. The summed E-state index contributed by atoms with van der Waals surface area (Å²) in [5.41, 5.74) is 4.09. The monoisotopic (exact) mass is 405 g/mol. The lowest BCUT2D eigenvalue weighted by atomic mass is 10.1. The second-order valence-corrected chi connectivity index (χ2v) is 7.50. The first-order valence-electron chi connectivity index (χ1n) is 9.03. The molecule has 2 aromatic heterocycles. The van der Waals surface area contributed by atoms with Crippen molar-refractivity contribution in [3.63, 3.8) is 0 Å². The summed E-state index contributed by atoms with van der Waals surface area (Å²) < 4.78 is 10.4. The van der Waals surface area contributed by atoms with Gasteiger partial charge >= 0.3 is 0 Å². The third-order valence-electron chi connectivity index (χ3n) is 4.44. The molecule has 0 spiro atoms. The average Bonchev–Trinajstić information content (AvgIpc) is 3.42. The zero-order valence-corrected chi connectivity index (χ0v) is 16.8. The summed E-state index contributed by atoms with van der Waals surface area (Å²) in [5, 5.41) is 9.82. The van der Waals surface area contributed by atoms with E-state index in [2.05, 4.69) is 15.5 Å². The van der Waals surface area contributed by atoms with Crippen molar-refractivity contribution in [3.05, 3.63) is 76.2 Å². The first-order chi connectivity index (χ1) is 14.1. The van der Waals surface area contributed by atoms with E-state index in [4.69, 9.17) is 9.26 Å². The van der Waals surface area contributed by atoms with E-state index in [-0.39, 0.29) is 11.6 Å². The molecule has 6 nitrogen and oxygen atoms in total. The Balaban J connectivity index is 1.37. The molecule has 0 atom stereocenters. The smallest absolute Gasteiger partial charge is 0.273 e. The Morgan fingerprint density at radius 1 is 1.10 bits per heavy atom. The molecule has 0 unspecified atom stereocenters. The normalized spacial score (nSPS) is 10.7. The summed E-state index contributed by atoms with van der Waals surface area (Å²) in [6, 6.07) is 17.0. The summed E-state index contributed by atoms with van der Waals surface area (Å²) in [6.45, 7) is 2.39. The molecule has 29 heavy (non-hydrogen) atoms. The molecule has 2 aromatic carbocycles. The van der Waals surface area contributed by atoms with E-state index in [1.54, 1.807) is 24.5 Å². The molecule has 1 N–H and O–H groups in total. The van der Waals surface area contributed by atoms with Gasteiger partial charge in [-0.3, -0.25) is 4.79 Å². The van der Waals surface area contributed by atoms with Crippen LogP contribution in [-0.2, 0) is 6.54 Å². The van der Waals surface area contributed by atoms with Gasteiger partial charge in [0.2, 0.25) is 0 Å². The van der Waals surface area contributed by atoms with Crippen LogP contribution in [0.3, 0.4) is 0 Å². The van der Waals surface area contributed by atoms with Crippen LogP contribution in [0.25, 0.3) is 22.6 Å². The van der Waals surface area contributed by atoms with Crippen molar-refractivity contribution in [1.82, 2.24) is 15.5 Å². The fourth-order valence-electron chi connectivity index (χ4n) is 2.84. The molecule has 0 bridgehead atoms. The molecular formula is C22H19N3O3S. The fourth-order valence-corrected chi connectivity index (χ4v) is 3.46. The van der Waals surface area contributed by atoms with Gasteiger partial charge < -0.3 is 14.6 Å². The maximum Gasteiger partial charge on any atom is 0.273 e. The van der Waals surface area contributed by atoms with Crippen molar-refractivity contribution >= 4 is 17.2 Å². The van der Waals surface area contributed by atoms with E-state index in [9.17, 15) is 4.79 Å². The molecule has 0 aliphatic carbocycles. The largest absolute Gasteiger partial charge is 0.497 e. The minimum atomic E-state index is -0.285. The van der Waals surface area contributed by atoms with Crippen LogP contribution in [0.2, 0.25) is 0 Å². The maximum atomic E-state index is 12.4. The highest BCUT2D eigenvalue weighted by molar-refractivity contribution is 7.09. The van der Waals surface area contributed by atoms with Gasteiger partial charge in [0.05, 0.1) is 17.8 Å². The highest BCUT2D eigenvalue weighted by atomic mass is 32.1. The maximum absolute atomic E-state index is 12.4. The SMILES string of the molecule is COc1ccc(-c2cc(C(=O)NCc3ccc(-c4csc(C)n4)cc3)no2)cc1. The van der Waals surface area contributed by atoms with Crippen LogP contribution < -0.4 is 10.1 Å². The summed E-state index contributed by atoms with van der Waals surface area (Å²) in [5.74, 6) is 0.996. The molecule has 146 valence electrons. The Bertz CT molecular complexity index is 1110. The number of rotatable bonds is 6. The second-order valence-electron chi connectivity index (χ2n) is 6.44. The highest BCUT2D eigenvalue weighted by Crippen LogP contribution is 2.24. The zero-order valence-electron chi connectivity index (χ0n) is 16.0. The van der Waals surface area contributed by atoms with E-state index < -0.39 is 0 Å². The third-order valence-corrected chi connectivity index (χ3v) is 5.21. The van der Waals surface area contributed by atoms with Crippen molar-refractivity contribution < 1.29 is 14.1 Å². The van der Waals surface area contributed by atoms with Crippen LogP contribution >= 0.6 is 11.3 Å². The van der Waals surface area contributed by atoms with Crippen LogP contribution in [0.5, 0.6) is 5.75 Å². The number of hydrogen-bond donors (Lipinski definition) is 1. The van der Waals surface area contributed by atoms with E-state index in [0.717, 1.165) is 33.1 Å². The predicted octanol–water partition coefficient (Wildman–Crippen LogP) is 4.71. The van der Waals surface area contributed by atoms with Gasteiger partial charge in [0.1, 0.15) is 5.75 Å². The summed E-state index contributed by atoms with van der Waals surface area (Å²) in [7, 11) is 1.61. The summed E-state index contributed by atoms with van der Waals surface area (Å²) >= 11 is 1.63. The van der Waals surface area contributed by atoms with Crippen LogP contribution in [0.4, 0.5) is 0 Å². The second kappa shape index (κ2) is 8.28. The first-order valence-corrected chi connectivity index (χ1v) is 9.91. The van der Waals surface area contributed by atoms with Crippen molar-refractivity contribution in [3.8, 4) is 28.3 Å². The van der Waals surface area contributed by atoms with Crippen molar-refractivity contribution in [2.75, 3.05) is 7.11 Å². The predicted molar refractivity (Wildman–Crippen MR) is 112 cm³/mol. The summed E-state index contributed by atoms with van der Waals surface area (Å²) in [4.78, 5) is 16.9. The van der Waals surface area contributed by atoms with E-state index in [0.29, 0.717) is 12.3 Å². The number of hydrogen-bond acceptors (Lipinski definition) is 6. The number of aryl methyl sites for hydroxylation is 1. The lowest BCUT2D eigenvalue weighted by Gasteiger charge is -2.04. The number of nitrogens with zero attached hydrogens (tertiary/aromatic N) is 2. The minimum absolute atomic E-state index is 0.241. The van der Waals surface area contributed by atoms with E-state index >= 15 is 0 Å².